The third-order valence-corrected chi connectivity index (χ3v) is 8.33. The van der Waals surface area contributed by atoms with Gasteiger partial charge in [-0.3, -0.25) is 13.9 Å². The highest BCUT2D eigenvalue weighted by atomic mass is 35.5. The molecule has 9 nitrogen and oxygen atoms in total. The Labute approximate surface area is 227 Å². The van der Waals surface area contributed by atoms with E-state index in [1.807, 2.05) is 6.92 Å². The lowest BCUT2D eigenvalue weighted by atomic mass is 10.1. The minimum atomic E-state index is -3.86. The zero-order valence-corrected chi connectivity index (χ0v) is 23.3. The van der Waals surface area contributed by atoms with Crippen molar-refractivity contribution in [3.05, 3.63) is 52.0 Å². The number of benzene rings is 2. The van der Waals surface area contributed by atoms with Crippen molar-refractivity contribution in [2.75, 3.05) is 36.4 Å². The number of nitrogens with zero attached hydrogens (tertiary/aromatic N) is 2. The van der Waals surface area contributed by atoms with E-state index in [0.29, 0.717) is 46.9 Å². The van der Waals surface area contributed by atoms with Crippen LogP contribution in [0.15, 0.2) is 36.4 Å². The fourth-order valence-corrected chi connectivity index (χ4v) is 5.09. The highest BCUT2D eigenvalue weighted by molar-refractivity contribution is 7.92. The fourth-order valence-electron chi connectivity index (χ4n) is 3.72. The van der Waals surface area contributed by atoms with Crippen LogP contribution in [-0.4, -0.2) is 63.2 Å². The van der Waals surface area contributed by atoms with E-state index in [2.05, 4.69) is 5.32 Å². The van der Waals surface area contributed by atoms with Crippen molar-refractivity contribution in [3.63, 3.8) is 0 Å². The summed E-state index contributed by atoms with van der Waals surface area (Å²) in [6, 6.07) is 8.76. The number of halogens is 2. The van der Waals surface area contributed by atoms with Crippen molar-refractivity contribution < 1.29 is 27.5 Å². The summed E-state index contributed by atoms with van der Waals surface area (Å²) >= 11 is 12.2. The lowest BCUT2D eigenvalue weighted by molar-refractivity contribution is -0.139. The van der Waals surface area contributed by atoms with Crippen molar-refractivity contribution in [1.29, 1.82) is 0 Å². The molecule has 0 bridgehead atoms. The van der Waals surface area contributed by atoms with Gasteiger partial charge in [-0.1, -0.05) is 36.2 Å². The molecule has 2 aromatic carbocycles. The lowest BCUT2D eigenvalue weighted by Crippen LogP contribution is -2.51. The monoisotopic (exact) mass is 571 g/mol. The molecule has 0 radical (unpaired) electrons. The van der Waals surface area contributed by atoms with Crippen LogP contribution < -0.4 is 19.1 Å². The van der Waals surface area contributed by atoms with Crippen LogP contribution in [0, 0.1) is 0 Å². The molecule has 1 atom stereocenters. The second-order valence-corrected chi connectivity index (χ2v) is 11.5. The second-order valence-electron chi connectivity index (χ2n) is 8.47. The first kappa shape index (κ1) is 28.9. The molecule has 12 heteroatoms. The number of anilines is 1. The highest BCUT2D eigenvalue weighted by Gasteiger charge is 2.31. The molecule has 1 aliphatic heterocycles. The molecule has 0 spiro atoms. The van der Waals surface area contributed by atoms with Crippen LogP contribution in [0.25, 0.3) is 0 Å². The summed E-state index contributed by atoms with van der Waals surface area (Å²) in [6.07, 6.45) is 0.728. The van der Waals surface area contributed by atoms with Gasteiger partial charge in [-0.2, -0.15) is 0 Å². The Bertz CT molecular complexity index is 1240. The molecule has 0 saturated carbocycles. The first-order chi connectivity index (χ1) is 17.6. The maximum atomic E-state index is 13.7. The van der Waals surface area contributed by atoms with E-state index in [1.54, 1.807) is 37.3 Å². The zero-order valence-electron chi connectivity index (χ0n) is 21.0. The Kier molecular flexibility index (Phi) is 9.92. The predicted octanol–water partition coefficient (Wildman–Crippen LogP) is 3.86. The Balaban J connectivity index is 1.95. The van der Waals surface area contributed by atoms with Gasteiger partial charge in [0.15, 0.2) is 11.5 Å². The maximum Gasteiger partial charge on any atom is 0.244 e. The van der Waals surface area contributed by atoms with Gasteiger partial charge in [-0.25, -0.2) is 8.42 Å². The minimum Gasteiger partial charge on any atom is -0.486 e. The molecule has 1 aliphatic rings. The molecule has 0 fully saturated rings. The molecule has 0 aromatic heterocycles. The first-order valence-electron chi connectivity index (χ1n) is 12.0. The molecular formula is C25H31Cl2N3O6S. The number of hydrogen-bond acceptors (Lipinski definition) is 6. The maximum absolute atomic E-state index is 13.7. The van der Waals surface area contributed by atoms with Gasteiger partial charge in [0.05, 0.1) is 21.5 Å². The molecule has 37 heavy (non-hydrogen) atoms. The molecule has 2 aromatic rings. The summed E-state index contributed by atoms with van der Waals surface area (Å²) in [5.41, 5.74) is 0.902. The van der Waals surface area contributed by atoms with Crippen LogP contribution in [0.3, 0.4) is 0 Å². The Morgan fingerprint density at radius 1 is 1.03 bits per heavy atom. The lowest BCUT2D eigenvalue weighted by Gasteiger charge is -2.32. The van der Waals surface area contributed by atoms with Gasteiger partial charge in [-0.05, 0) is 50.1 Å². The Morgan fingerprint density at radius 2 is 1.73 bits per heavy atom. The van der Waals surface area contributed by atoms with Crippen molar-refractivity contribution in [2.24, 2.45) is 0 Å². The van der Waals surface area contributed by atoms with Gasteiger partial charge < -0.3 is 19.7 Å². The predicted molar refractivity (Wildman–Crippen MR) is 144 cm³/mol. The average molecular weight is 573 g/mol. The molecule has 0 saturated heterocycles. The smallest absolute Gasteiger partial charge is 0.244 e. The van der Waals surface area contributed by atoms with E-state index in [1.165, 1.54) is 17.9 Å². The number of rotatable bonds is 11. The summed E-state index contributed by atoms with van der Waals surface area (Å²) in [6.45, 7) is 5.71. The molecule has 0 aliphatic carbocycles. The number of fused-ring (bicyclic) bond motifs is 1. The van der Waals surface area contributed by atoms with Gasteiger partial charge in [0, 0.05) is 19.2 Å². The van der Waals surface area contributed by atoms with Crippen molar-refractivity contribution >= 4 is 50.7 Å². The van der Waals surface area contributed by atoms with Gasteiger partial charge in [0.1, 0.15) is 25.8 Å². The summed E-state index contributed by atoms with van der Waals surface area (Å²) in [7, 11) is -3.86. The highest BCUT2D eigenvalue weighted by Crippen LogP contribution is 2.35. The van der Waals surface area contributed by atoms with E-state index in [0.717, 1.165) is 10.7 Å². The third-order valence-electron chi connectivity index (χ3n) is 5.85. The van der Waals surface area contributed by atoms with Crippen molar-refractivity contribution in [1.82, 2.24) is 10.2 Å². The fraction of sp³-hybridized carbons (Fsp3) is 0.440. The molecular weight excluding hydrogens is 541 g/mol. The third kappa shape index (κ3) is 7.21. The van der Waals surface area contributed by atoms with Crippen molar-refractivity contribution in [3.8, 4) is 11.5 Å². The molecule has 1 heterocycles. The van der Waals surface area contributed by atoms with Crippen LogP contribution in [0.2, 0.25) is 10.0 Å². The molecule has 1 N–H and O–H groups in total. The van der Waals surface area contributed by atoms with Crippen LogP contribution in [0.1, 0.15) is 32.8 Å². The SMILES string of the molecule is CCCNC(=O)C(C)N(Cc1ccc(Cl)c(Cl)c1)C(=O)CN(c1ccc2c(c1)OCCO2)S(=O)(=O)CC. The topological polar surface area (TPSA) is 105 Å². The number of carbonyl (C=O) groups is 2. The molecule has 1 unspecified atom stereocenters. The normalized spacial score (nSPS) is 13.5. The van der Waals surface area contributed by atoms with E-state index in [4.69, 9.17) is 32.7 Å². The van der Waals surface area contributed by atoms with Crippen LogP contribution >= 0.6 is 23.2 Å². The average Bonchev–Trinajstić information content (AvgIpc) is 2.89. The summed E-state index contributed by atoms with van der Waals surface area (Å²) < 4.78 is 38.3. The van der Waals surface area contributed by atoms with Crippen LogP contribution in [-0.2, 0) is 26.2 Å². The number of carbonyl (C=O) groups excluding carboxylic acids is 2. The van der Waals surface area contributed by atoms with Gasteiger partial charge in [0.2, 0.25) is 21.8 Å². The number of hydrogen-bond donors (Lipinski definition) is 1. The Hall–Kier alpha value is -2.69. The zero-order chi connectivity index (χ0) is 27.2. The summed E-state index contributed by atoms with van der Waals surface area (Å²) in [5, 5.41) is 3.46. The first-order valence-corrected chi connectivity index (χ1v) is 14.3. The second kappa shape index (κ2) is 12.7. The quantitative estimate of drug-likeness (QED) is 0.439. The number of ether oxygens (including phenoxy) is 2. The Morgan fingerprint density at radius 3 is 2.38 bits per heavy atom. The number of sulfonamides is 1. The minimum absolute atomic E-state index is 0.0254. The van der Waals surface area contributed by atoms with E-state index in [-0.39, 0.29) is 23.9 Å². The largest absolute Gasteiger partial charge is 0.486 e. The standard InChI is InChI=1S/C25H31Cl2N3O6S/c1-4-10-28-25(32)17(3)29(15-18-6-8-20(26)21(27)13-18)24(31)16-30(37(33,34)5-2)19-7-9-22-23(14-19)36-12-11-35-22/h6-9,13-14,17H,4-5,10-12,15-16H2,1-3H3,(H,28,32). The van der Waals surface area contributed by atoms with Gasteiger partial charge >= 0.3 is 0 Å². The van der Waals surface area contributed by atoms with Crippen molar-refractivity contribution in [2.45, 2.75) is 39.8 Å². The van der Waals surface area contributed by atoms with E-state index in [9.17, 15) is 18.0 Å². The van der Waals surface area contributed by atoms with Gasteiger partial charge in [-0.15, -0.1) is 0 Å². The van der Waals surface area contributed by atoms with Crippen LogP contribution in [0.4, 0.5) is 5.69 Å². The number of nitrogens with one attached hydrogen (secondary N) is 1. The van der Waals surface area contributed by atoms with E-state index >= 15 is 0 Å². The van der Waals surface area contributed by atoms with E-state index < -0.39 is 28.5 Å². The summed E-state index contributed by atoms with van der Waals surface area (Å²) in [4.78, 5) is 27.8. The molecule has 2 amide bonds. The summed E-state index contributed by atoms with van der Waals surface area (Å²) in [5.74, 6) is -0.240. The number of amides is 2. The van der Waals surface area contributed by atoms with Gasteiger partial charge in [0.25, 0.3) is 0 Å². The van der Waals surface area contributed by atoms with Crippen LogP contribution in [0.5, 0.6) is 11.5 Å². The molecule has 202 valence electrons. The molecule has 3 rings (SSSR count).